The molecule has 1 aromatic carbocycles. The molecule has 0 radical (unpaired) electrons. The Morgan fingerprint density at radius 1 is 1.17 bits per heavy atom. The average Bonchev–Trinajstić information content (AvgIpc) is 2.83. The van der Waals surface area contributed by atoms with E-state index in [0.717, 1.165) is 0 Å². The van der Waals surface area contributed by atoms with Crippen molar-refractivity contribution in [2.24, 2.45) is 5.92 Å². The predicted octanol–water partition coefficient (Wildman–Crippen LogP) is 1.76. The van der Waals surface area contributed by atoms with Crippen LogP contribution in [0.25, 0.3) is 0 Å². The summed E-state index contributed by atoms with van der Waals surface area (Å²) < 4.78 is 9.91. The molecule has 0 aromatic heterocycles. The minimum Gasteiger partial charge on any atom is -0.468 e. The van der Waals surface area contributed by atoms with Gasteiger partial charge in [0.15, 0.2) is 0 Å². The van der Waals surface area contributed by atoms with Crippen molar-refractivity contribution >= 4 is 23.9 Å². The van der Waals surface area contributed by atoms with E-state index < -0.39 is 54.7 Å². The average molecular weight is 504 g/mol. The molecule has 3 atom stereocenters. The maximum Gasteiger partial charge on any atom is 0.408 e. The Hall–Kier alpha value is -3.58. The lowest BCUT2D eigenvalue weighted by Crippen LogP contribution is -2.56. The summed E-state index contributed by atoms with van der Waals surface area (Å²) in [6, 6.07) is 4.14. The summed E-state index contributed by atoms with van der Waals surface area (Å²) >= 11 is 0. The minimum absolute atomic E-state index is 0.213. The highest BCUT2D eigenvalue weighted by Crippen LogP contribution is 2.25. The number of carbonyl (C=O) groups is 4. The van der Waals surface area contributed by atoms with E-state index in [1.54, 1.807) is 52.0 Å². The number of esters is 1. The van der Waals surface area contributed by atoms with Gasteiger partial charge < -0.3 is 30.1 Å². The van der Waals surface area contributed by atoms with Crippen molar-refractivity contribution in [2.45, 2.75) is 58.7 Å². The zero-order valence-corrected chi connectivity index (χ0v) is 21.8. The van der Waals surface area contributed by atoms with Gasteiger partial charge in [-0.15, -0.1) is 6.42 Å². The van der Waals surface area contributed by atoms with E-state index in [9.17, 15) is 24.3 Å². The second-order valence-corrected chi connectivity index (χ2v) is 9.23. The van der Waals surface area contributed by atoms with Crippen LogP contribution >= 0.6 is 0 Å². The number of carbonyl (C=O) groups excluding carboxylic acids is 4. The quantitative estimate of drug-likeness (QED) is 0.309. The summed E-state index contributed by atoms with van der Waals surface area (Å²) in [5.74, 6) is 0.222. The van der Waals surface area contributed by atoms with Crippen molar-refractivity contribution in [1.29, 1.82) is 0 Å². The van der Waals surface area contributed by atoms with Crippen LogP contribution in [0.15, 0.2) is 24.3 Å². The lowest BCUT2D eigenvalue weighted by atomic mass is 9.95. The number of methoxy groups -OCH3 is 1. The van der Waals surface area contributed by atoms with Gasteiger partial charge in [0.05, 0.1) is 13.7 Å². The third-order valence-electron chi connectivity index (χ3n) is 5.36. The number of nitrogens with zero attached hydrogens (tertiary/aromatic N) is 1. The van der Waals surface area contributed by atoms with Gasteiger partial charge in [0.1, 0.15) is 24.2 Å². The van der Waals surface area contributed by atoms with E-state index >= 15 is 0 Å². The molecule has 3 unspecified atom stereocenters. The first-order chi connectivity index (χ1) is 16.9. The number of rotatable bonds is 11. The van der Waals surface area contributed by atoms with Gasteiger partial charge in [-0.1, -0.05) is 38.3 Å². The van der Waals surface area contributed by atoms with Gasteiger partial charge in [-0.05, 0) is 44.4 Å². The molecule has 36 heavy (non-hydrogen) atoms. The molecule has 198 valence electrons. The first kappa shape index (κ1) is 30.5. The first-order valence-corrected chi connectivity index (χ1v) is 11.7. The largest absolute Gasteiger partial charge is 0.468 e. The standard InChI is InChI=1S/C26H37N3O7/c1-8-17(3)21(28-25(34)36-26(4,5)6)24(33)29(14-15-30)22(23(32)27-16-20(31)35-7)19-12-10-18(9-2)11-13-19/h2,10-13,17,21-22,30H,8,14-16H2,1,3-7H3,(H,27,32)(H,28,34). The van der Waals surface area contributed by atoms with Crippen molar-refractivity contribution < 1.29 is 33.8 Å². The second kappa shape index (κ2) is 14.1. The number of terminal acetylenes is 1. The number of hydrogen-bond acceptors (Lipinski definition) is 7. The van der Waals surface area contributed by atoms with Crippen LogP contribution in [0, 0.1) is 18.3 Å². The maximum atomic E-state index is 13.8. The Morgan fingerprint density at radius 3 is 2.25 bits per heavy atom. The fourth-order valence-electron chi connectivity index (χ4n) is 3.33. The van der Waals surface area contributed by atoms with Gasteiger partial charge in [-0.3, -0.25) is 14.4 Å². The Bertz CT molecular complexity index is 948. The smallest absolute Gasteiger partial charge is 0.408 e. The zero-order valence-electron chi connectivity index (χ0n) is 21.8. The highest BCUT2D eigenvalue weighted by Gasteiger charge is 2.38. The molecule has 0 saturated carbocycles. The zero-order chi connectivity index (χ0) is 27.5. The normalized spacial score (nSPS) is 13.4. The third-order valence-corrected chi connectivity index (χ3v) is 5.36. The maximum absolute atomic E-state index is 13.8. The second-order valence-electron chi connectivity index (χ2n) is 9.23. The number of aliphatic hydroxyl groups excluding tert-OH is 1. The van der Waals surface area contributed by atoms with Crippen LogP contribution in [0.5, 0.6) is 0 Å². The molecule has 0 fully saturated rings. The first-order valence-electron chi connectivity index (χ1n) is 11.7. The van der Waals surface area contributed by atoms with E-state index in [4.69, 9.17) is 11.2 Å². The van der Waals surface area contributed by atoms with Crippen LogP contribution in [0.1, 0.15) is 58.2 Å². The molecule has 0 aliphatic carbocycles. The Balaban J connectivity index is 3.46. The van der Waals surface area contributed by atoms with E-state index in [0.29, 0.717) is 17.5 Å². The summed E-state index contributed by atoms with van der Waals surface area (Å²) in [6.45, 7) is 7.66. The minimum atomic E-state index is -1.23. The SMILES string of the molecule is C#Cc1ccc(C(C(=O)NCC(=O)OC)N(CCO)C(=O)C(NC(=O)OC(C)(C)C)C(C)CC)cc1. The molecular weight excluding hydrogens is 466 g/mol. The van der Waals surface area contributed by atoms with Gasteiger partial charge >= 0.3 is 12.1 Å². The molecule has 10 nitrogen and oxygen atoms in total. The molecule has 0 bridgehead atoms. The summed E-state index contributed by atoms with van der Waals surface area (Å²) in [7, 11) is 1.19. The van der Waals surface area contributed by atoms with Crippen LogP contribution in [0.2, 0.25) is 0 Å². The lowest BCUT2D eigenvalue weighted by Gasteiger charge is -2.35. The molecule has 0 heterocycles. The van der Waals surface area contributed by atoms with Crippen molar-refractivity contribution in [2.75, 3.05) is 26.8 Å². The Labute approximate surface area is 212 Å². The lowest BCUT2D eigenvalue weighted by molar-refractivity contribution is -0.145. The number of nitrogens with one attached hydrogen (secondary N) is 2. The van der Waals surface area contributed by atoms with Crippen LogP contribution in [-0.2, 0) is 23.9 Å². The fraction of sp³-hybridized carbons (Fsp3) is 0.538. The molecule has 0 spiro atoms. The monoisotopic (exact) mass is 503 g/mol. The third kappa shape index (κ3) is 9.23. The van der Waals surface area contributed by atoms with E-state index in [1.807, 2.05) is 6.92 Å². The van der Waals surface area contributed by atoms with Gasteiger partial charge in [-0.2, -0.15) is 0 Å². The summed E-state index contributed by atoms with van der Waals surface area (Å²) in [5.41, 5.74) is 0.183. The highest BCUT2D eigenvalue weighted by molar-refractivity contribution is 5.93. The predicted molar refractivity (Wildman–Crippen MR) is 134 cm³/mol. The summed E-state index contributed by atoms with van der Waals surface area (Å²) in [5, 5.41) is 14.9. The Kier molecular flexibility index (Phi) is 11.9. The van der Waals surface area contributed by atoms with Crippen LogP contribution in [0.4, 0.5) is 4.79 Å². The van der Waals surface area contributed by atoms with Gasteiger partial charge in [0.2, 0.25) is 11.8 Å². The fourth-order valence-corrected chi connectivity index (χ4v) is 3.33. The topological polar surface area (TPSA) is 134 Å². The van der Waals surface area contributed by atoms with E-state index in [1.165, 1.54) is 12.0 Å². The number of ether oxygens (including phenoxy) is 2. The van der Waals surface area contributed by atoms with Crippen molar-refractivity contribution in [3.63, 3.8) is 0 Å². The molecule has 0 aliphatic heterocycles. The molecule has 3 amide bonds. The van der Waals surface area contributed by atoms with Gasteiger partial charge in [0.25, 0.3) is 0 Å². The molecule has 1 rings (SSSR count). The van der Waals surface area contributed by atoms with Crippen molar-refractivity contribution in [1.82, 2.24) is 15.5 Å². The van der Waals surface area contributed by atoms with Crippen LogP contribution in [0.3, 0.4) is 0 Å². The highest BCUT2D eigenvalue weighted by atomic mass is 16.6. The molecule has 0 aliphatic rings. The van der Waals surface area contributed by atoms with Crippen molar-refractivity contribution in [3.05, 3.63) is 35.4 Å². The van der Waals surface area contributed by atoms with Gasteiger partial charge in [0, 0.05) is 12.1 Å². The number of aliphatic hydroxyl groups is 1. The molecular formula is C26H37N3O7. The van der Waals surface area contributed by atoms with E-state index in [2.05, 4.69) is 21.3 Å². The molecule has 10 heteroatoms. The van der Waals surface area contributed by atoms with Gasteiger partial charge in [-0.25, -0.2) is 4.79 Å². The number of amides is 3. The Morgan fingerprint density at radius 2 is 1.78 bits per heavy atom. The molecule has 1 aromatic rings. The molecule has 3 N–H and O–H groups in total. The van der Waals surface area contributed by atoms with Crippen molar-refractivity contribution in [3.8, 4) is 12.3 Å². The number of alkyl carbamates (subject to hydrolysis) is 1. The van der Waals surface area contributed by atoms with E-state index in [-0.39, 0.29) is 12.5 Å². The summed E-state index contributed by atoms with van der Waals surface area (Å²) in [6.07, 6.45) is 5.19. The van der Waals surface area contributed by atoms with Crippen LogP contribution < -0.4 is 10.6 Å². The number of benzene rings is 1. The van der Waals surface area contributed by atoms with Crippen LogP contribution in [-0.4, -0.2) is 72.3 Å². The molecule has 0 saturated heterocycles. The number of hydrogen-bond donors (Lipinski definition) is 3. The summed E-state index contributed by atoms with van der Waals surface area (Å²) in [4.78, 5) is 52.4.